The molecule has 2 heteroatoms. The molecular weight excluding hydrogens is 821 g/mol. The average molecular weight is 863 g/mol. The molecule has 0 saturated heterocycles. The van der Waals surface area contributed by atoms with E-state index in [9.17, 15) is 0 Å². The lowest BCUT2D eigenvalue weighted by Gasteiger charge is -2.19. The van der Waals surface area contributed by atoms with E-state index < -0.39 is 0 Å². The number of nitrogens with zero attached hydrogens (tertiary/aromatic N) is 2. The number of aromatic nitrogens is 2. The van der Waals surface area contributed by atoms with Gasteiger partial charge in [0, 0.05) is 16.7 Å². The summed E-state index contributed by atoms with van der Waals surface area (Å²) in [5.74, 6) is 0.701. The van der Waals surface area contributed by atoms with E-state index in [-0.39, 0.29) is 0 Å². The minimum Gasteiger partial charge on any atom is -0.228 e. The van der Waals surface area contributed by atoms with Gasteiger partial charge in [0.05, 0.1) is 11.4 Å². The van der Waals surface area contributed by atoms with Crippen LogP contribution >= 0.6 is 0 Å². The number of hydrogen-bond acceptors (Lipinski definition) is 2. The van der Waals surface area contributed by atoms with Crippen LogP contribution in [-0.4, -0.2) is 9.97 Å². The molecule has 13 rings (SSSR count). The molecule has 1 heterocycles. The van der Waals surface area contributed by atoms with Crippen molar-refractivity contribution >= 4 is 53.9 Å². The van der Waals surface area contributed by atoms with Crippen LogP contribution in [0.1, 0.15) is 0 Å². The Kier molecular flexibility index (Phi) is 9.54. The lowest BCUT2D eigenvalue weighted by Crippen LogP contribution is -1.97. The first-order valence-electron chi connectivity index (χ1n) is 23.3. The molecule has 0 N–H and O–H groups in total. The van der Waals surface area contributed by atoms with Crippen LogP contribution in [0.15, 0.2) is 255 Å². The summed E-state index contributed by atoms with van der Waals surface area (Å²) in [6.07, 6.45) is 0. The summed E-state index contributed by atoms with van der Waals surface area (Å²) in [5.41, 5.74) is 14.5. The van der Waals surface area contributed by atoms with Crippen molar-refractivity contribution in [1.29, 1.82) is 0 Å². The zero-order valence-corrected chi connectivity index (χ0v) is 37.1. The van der Waals surface area contributed by atoms with Crippen molar-refractivity contribution in [2.75, 3.05) is 0 Å². The van der Waals surface area contributed by atoms with E-state index in [4.69, 9.17) is 9.97 Å². The number of rotatable bonds is 7. The van der Waals surface area contributed by atoms with Crippen LogP contribution in [0.5, 0.6) is 0 Å². The van der Waals surface area contributed by atoms with Crippen LogP contribution < -0.4 is 0 Å². The minimum atomic E-state index is 0.701. The second-order valence-electron chi connectivity index (χ2n) is 17.7. The maximum atomic E-state index is 5.23. The molecule has 0 fully saturated rings. The Morgan fingerprint density at radius 2 is 0.691 bits per heavy atom. The Balaban J connectivity index is 0.886. The first-order chi connectivity index (χ1) is 33.7. The van der Waals surface area contributed by atoms with Crippen LogP contribution in [0.4, 0.5) is 0 Å². The summed E-state index contributed by atoms with van der Waals surface area (Å²) in [5, 5.41) is 12.3. The Morgan fingerprint density at radius 1 is 0.221 bits per heavy atom. The zero-order valence-electron chi connectivity index (χ0n) is 37.1. The van der Waals surface area contributed by atoms with Crippen molar-refractivity contribution in [3.8, 4) is 78.4 Å². The fourth-order valence-corrected chi connectivity index (χ4v) is 10.3. The van der Waals surface area contributed by atoms with Crippen LogP contribution in [0.25, 0.3) is 132 Å². The fourth-order valence-electron chi connectivity index (χ4n) is 10.3. The predicted molar refractivity (Wildman–Crippen MR) is 288 cm³/mol. The molecule has 68 heavy (non-hydrogen) atoms. The summed E-state index contributed by atoms with van der Waals surface area (Å²) in [6, 6.07) is 92.0. The van der Waals surface area contributed by atoms with Gasteiger partial charge in [-0.15, -0.1) is 0 Å². The summed E-state index contributed by atoms with van der Waals surface area (Å²) >= 11 is 0. The molecule has 2 nitrogen and oxygen atoms in total. The molecule has 0 atom stereocenters. The fraction of sp³-hybridized carbons (Fsp3) is 0. The Hall–Kier alpha value is -8.98. The van der Waals surface area contributed by atoms with E-state index in [1.807, 2.05) is 18.2 Å². The molecule has 316 valence electrons. The van der Waals surface area contributed by atoms with Crippen LogP contribution in [-0.2, 0) is 0 Å². The van der Waals surface area contributed by atoms with E-state index in [1.54, 1.807) is 0 Å². The lowest BCUT2D eigenvalue weighted by molar-refractivity contribution is 1.18. The van der Waals surface area contributed by atoms with Gasteiger partial charge in [-0.1, -0.05) is 231 Å². The highest BCUT2D eigenvalue weighted by molar-refractivity contribution is 6.28. The van der Waals surface area contributed by atoms with Crippen molar-refractivity contribution in [1.82, 2.24) is 9.97 Å². The third kappa shape index (κ3) is 6.90. The molecule has 0 aliphatic heterocycles. The first-order valence-corrected chi connectivity index (χ1v) is 23.3. The first kappa shape index (κ1) is 39.4. The maximum Gasteiger partial charge on any atom is 0.160 e. The Labute approximate surface area is 395 Å². The second kappa shape index (κ2) is 16.5. The van der Waals surface area contributed by atoms with Crippen molar-refractivity contribution in [3.63, 3.8) is 0 Å². The normalized spacial score (nSPS) is 11.5. The molecule has 13 aromatic rings. The van der Waals surface area contributed by atoms with Gasteiger partial charge in [-0.05, 0) is 123 Å². The quantitative estimate of drug-likeness (QED) is 0.118. The zero-order chi connectivity index (χ0) is 45.0. The highest BCUT2D eigenvalue weighted by Crippen LogP contribution is 2.46. The second-order valence-corrected chi connectivity index (χ2v) is 17.7. The van der Waals surface area contributed by atoms with E-state index >= 15 is 0 Å². The van der Waals surface area contributed by atoms with Crippen molar-refractivity contribution in [3.05, 3.63) is 255 Å². The van der Waals surface area contributed by atoms with E-state index in [1.165, 1.54) is 81.9 Å². The predicted octanol–water partition coefficient (Wildman–Crippen LogP) is 17.9. The summed E-state index contributed by atoms with van der Waals surface area (Å²) in [6.45, 7) is 0. The van der Waals surface area contributed by atoms with Crippen molar-refractivity contribution < 1.29 is 0 Å². The van der Waals surface area contributed by atoms with Crippen molar-refractivity contribution in [2.45, 2.75) is 0 Å². The van der Waals surface area contributed by atoms with Gasteiger partial charge in [-0.25, -0.2) is 9.97 Å². The largest absolute Gasteiger partial charge is 0.228 e. The van der Waals surface area contributed by atoms with Crippen molar-refractivity contribution in [2.24, 2.45) is 0 Å². The molecule has 0 spiro atoms. The molecule has 0 bridgehead atoms. The number of benzene rings is 12. The molecule has 0 radical (unpaired) electrons. The van der Waals surface area contributed by atoms with Crippen LogP contribution in [0.3, 0.4) is 0 Å². The SMILES string of the molecule is c1ccc(-c2nc(-c3ccc4cc(-c5ccc(-c6c7ccccc7c(-c7ccccc7)c7ccc8ccccc8c67)cc5)ccc4c3)cc(-c3ccccc3-c3ccc4ccccc4c3)n2)cc1. The molecule has 0 saturated carbocycles. The summed E-state index contributed by atoms with van der Waals surface area (Å²) < 4.78 is 0. The molecule has 0 aliphatic carbocycles. The van der Waals surface area contributed by atoms with Gasteiger partial charge in [0.2, 0.25) is 0 Å². The summed E-state index contributed by atoms with van der Waals surface area (Å²) in [7, 11) is 0. The highest BCUT2D eigenvalue weighted by atomic mass is 14.9. The maximum absolute atomic E-state index is 5.23. The van der Waals surface area contributed by atoms with Gasteiger partial charge >= 0.3 is 0 Å². The topological polar surface area (TPSA) is 25.8 Å². The van der Waals surface area contributed by atoms with Gasteiger partial charge in [0.15, 0.2) is 5.82 Å². The van der Waals surface area contributed by atoms with E-state index in [2.05, 4.69) is 237 Å². The summed E-state index contributed by atoms with van der Waals surface area (Å²) in [4.78, 5) is 10.4. The highest BCUT2D eigenvalue weighted by Gasteiger charge is 2.19. The lowest BCUT2D eigenvalue weighted by atomic mass is 9.84. The number of hydrogen-bond donors (Lipinski definition) is 0. The monoisotopic (exact) mass is 862 g/mol. The minimum absolute atomic E-state index is 0.701. The molecule has 1 aromatic heterocycles. The smallest absolute Gasteiger partial charge is 0.160 e. The third-order valence-corrected chi connectivity index (χ3v) is 13.6. The van der Waals surface area contributed by atoms with Gasteiger partial charge < -0.3 is 0 Å². The molecule has 0 amide bonds. The molecule has 0 unspecified atom stereocenters. The van der Waals surface area contributed by atoms with Gasteiger partial charge in [0.25, 0.3) is 0 Å². The Bertz CT molecular complexity index is 4060. The van der Waals surface area contributed by atoms with Gasteiger partial charge in [-0.3, -0.25) is 0 Å². The number of fused-ring (bicyclic) bond motifs is 6. The van der Waals surface area contributed by atoms with Crippen LogP contribution in [0.2, 0.25) is 0 Å². The van der Waals surface area contributed by atoms with Gasteiger partial charge in [-0.2, -0.15) is 0 Å². The van der Waals surface area contributed by atoms with E-state index in [0.29, 0.717) is 5.82 Å². The van der Waals surface area contributed by atoms with Gasteiger partial charge in [0.1, 0.15) is 0 Å². The van der Waals surface area contributed by atoms with Crippen LogP contribution in [0, 0.1) is 0 Å². The third-order valence-electron chi connectivity index (χ3n) is 13.6. The average Bonchev–Trinajstić information content (AvgIpc) is 3.42. The Morgan fingerprint density at radius 3 is 1.46 bits per heavy atom. The molecular formula is C66H42N2. The molecule has 0 aliphatic rings. The standard InChI is InChI=1S/C66H42N2/c1-3-17-46(18-4-1)63-58-25-13-14-26-59(58)64(65-56-23-10-9-16-45(56)37-38-60(63)65)47-30-27-44(28-31-47)50-32-33-52-41-54(36-34-51(52)39-50)61-42-62(68-66(67-61)48-19-5-2-6-20-48)57-24-12-11-22-55(57)53-35-29-43-15-7-8-21-49(43)40-53/h1-42H. The molecule has 12 aromatic carbocycles. The van der Waals surface area contributed by atoms with E-state index in [0.717, 1.165) is 44.6 Å².